The Labute approximate surface area is 269 Å². The summed E-state index contributed by atoms with van der Waals surface area (Å²) >= 11 is 0. The first-order valence-electron chi connectivity index (χ1n) is 16.5. The minimum Gasteiger partial charge on any atom is -0.307 e. The number of benzene rings is 5. The maximum atomic E-state index is 2.63. The Bertz CT molecular complexity index is 2990. The first-order valence-corrected chi connectivity index (χ1v) is 16.5. The molecule has 5 aromatic carbocycles. The fraction of sp³-hybridized carbons (Fsp3) is 0.0952. The van der Waals surface area contributed by atoms with Crippen LogP contribution >= 0.6 is 0 Å². The van der Waals surface area contributed by atoms with Gasteiger partial charge >= 0.3 is 11.3 Å². The Hall–Kier alpha value is -5.94. The molecule has 0 fully saturated rings. The summed E-state index contributed by atoms with van der Waals surface area (Å²) in [7, 11) is 0. The standard InChI is InChI=1S/C42H27N5/c1-41(2)30-16-8-14-27-28-15-10-20-43-40(28)47(37(27)30)39-31(41)21-29-26-13-6-7-17-32(26)46-34-19-9-18-33-35(34)42(43,36(39)38(29)46)45-23-25(22-44(33)45)24-11-4-3-5-12-24/h3-23H,1-2H3/q+2. The predicted molar refractivity (Wildman–Crippen MR) is 184 cm³/mol. The van der Waals surface area contributed by atoms with Crippen LogP contribution in [0.15, 0.2) is 128 Å². The zero-order valence-corrected chi connectivity index (χ0v) is 25.9. The monoisotopic (exact) mass is 601 g/mol. The van der Waals surface area contributed by atoms with Crippen LogP contribution in [-0.4, -0.2) is 13.8 Å². The Kier molecular flexibility index (Phi) is 3.51. The van der Waals surface area contributed by atoms with E-state index in [4.69, 9.17) is 0 Å². The van der Waals surface area contributed by atoms with Gasteiger partial charge in [-0.1, -0.05) is 85.3 Å². The predicted octanol–water partition coefficient (Wildman–Crippen LogP) is 7.79. The number of aromatic nitrogens is 5. The average Bonchev–Trinajstić information content (AvgIpc) is 3.85. The van der Waals surface area contributed by atoms with Gasteiger partial charge in [-0.05, 0) is 48.0 Å². The van der Waals surface area contributed by atoms with Gasteiger partial charge < -0.3 is 4.57 Å². The highest BCUT2D eigenvalue weighted by atomic mass is 15.5. The van der Waals surface area contributed by atoms with Crippen LogP contribution in [0.3, 0.4) is 0 Å². The first kappa shape index (κ1) is 23.4. The van der Waals surface area contributed by atoms with Crippen molar-refractivity contribution < 1.29 is 9.25 Å². The second kappa shape index (κ2) is 7.06. The van der Waals surface area contributed by atoms with E-state index in [1.165, 1.54) is 94.2 Å². The molecule has 1 atom stereocenters. The largest absolute Gasteiger partial charge is 0.394 e. The molecule has 0 radical (unpaired) electrons. The van der Waals surface area contributed by atoms with E-state index in [2.05, 4.69) is 165 Å². The molecule has 4 aliphatic rings. The molecule has 13 rings (SSSR count). The van der Waals surface area contributed by atoms with E-state index >= 15 is 0 Å². The minimum absolute atomic E-state index is 0.198. The minimum atomic E-state index is -0.635. The quantitative estimate of drug-likeness (QED) is 0.172. The number of nitrogens with zero attached hydrogens (tertiary/aromatic N) is 5. The fourth-order valence-corrected chi connectivity index (χ4v) is 10.2. The molecular formula is C42H27N5+2. The molecule has 0 aliphatic carbocycles. The van der Waals surface area contributed by atoms with Crippen LogP contribution in [0.2, 0.25) is 0 Å². The van der Waals surface area contributed by atoms with Gasteiger partial charge in [0.1, 0.15) is 22.3 Å². The van der Waals surface area contributed by atoms with Gasteiger partial charge in [0, 0.05) is 32.7 Å². The normalized spacial score (nSPS) is 18.3. The molecule has 218 valence electrons. The van der Waals surface area contributed by atoms with Crippen LogP contribution in [0, 0.1) is 0 Å². The smallest absolute Gasteiger partial charge is 0.307 e. The van der Waals surface area contributed by atoms with Crippen molar-refractivity contribution in [1.82, 2.24) is 13.8 Å². The Morgan fingerprint density at radius 1 is 0.596 bits per heavy atom. The lowest BCUT2D eigenvalue weighted by molar-refractivity contribution is -0.987. The van der Waals surface area contributed by atoms with Crippen LogP contribution in [0.5, 0.6) is 0 Å². The Morgan fingerprint density at radius 2 is 1.38 bits per heavy atom. The molecule has 1 unspecified atom stereocenters. The third-order valence-corrected chi connectivity index (χ3v) is 12.0. The lowest BCUT2D eigenvalue weighted by Crippen LogP contribution is -2.76. The summed E-state index contributed by atoms with van der Waals surface area (Å²) in [5.41, 5.74) is 16.1. The highest BCUT2D eigenvalue weighted by Crippen LogP contribution is 2.58. The van der Waals surface area contributed by atoms with E-state index in [1.807, 2.05) is 0 Å². The van der Waals surface area contributed by atoms with E-state index in [0.29, 0.717) is 0 Å². The Balaban J connectivity index is 1.38. The summed E-state index contributed by atoms with van der Waals surface area (Å²) in [4.78, 5) is 0. The van der Waals surface area contributed by atoms with Crippen LogP contribution < -0.4 is 9.25 Å². The summed E-state index contributed by atoms with van der Waals surface area (Å²) in [5, 5.41) is 5.25. The van der Waals surface area contributed by atoms with Crippen molar-refractivity contribution in [3.8, 4) is 28.2 Å². The lowest BCUT2D eigenvalue weighted by Gasteiger charge is -2.38. The molecule has 4 aliphatic heterocycles. The molecular weight excluding hydrogens is 574 g/mol. The summed E-state index contributed by atoms with van der Waals surface area (Å²) < 4.78 is 12.8. The number of rotatable bonds is 1. The number of para-hydroxylation sites is 2. The molecule has 0 saturated heterocycles. The molecule has 5 nitrogen and oxygen atoms in total. The first-order chi connectivity index (χ1) is 23.1. The van der Waals surface area contributed by atoms with E-state index in [1.54, 1.807) is 0 Å². The van der Waals surface area contributed by atoms with Crippen molar-refractivity contribution in [1.29, 1.82) is 0 Å². The molecule has 4 aromatic heterocycles. The topological polar surface area (TPSA) is 22.5 Å². The van der Waals surface area contributed by atoms with Crippen molar-refractivity contribution in [2.45, 2.75) is 24.9 Å². The van der Waals surface area contributed by atoms with E-state index < -0.39 is 5.66 Å². The van der Waals surface area contributed by atoms with Crippen LogP contribution in [0.1, 0.15) is 36.1 Å². The van der Waals surface area contributed by atoms with E-state index in [9.17, 15) is 0 Å². The van der Waals surface area contributed by atoms with Crippen molar-refractivity contribution in [2.75, 3.05) is 0 Å². The maximum Gasteiger partial charge on any atom is 0.394 e. The highest BCUT2D eigenvalue weighted by molar-refractivity contribution is 6.16. The van der Waals surface area contributed by atoms with Gasteiger partial charge in [-0.3, -0.25) is 0 Å². The maximum absolute atomic E-state index is 2.63. The molecule has 0 N–H and O–H groups in total. The Morgan fingerprint density at radius 3 is 2.30 bits per heavy atom. The summed E-state index contributed by atoms with van der Waals surface area (Å²) in [6, 6.07) is 40.8. The molecule has 5 heteroatoms. The van der Waals surface area contributed by atoms with Crippen molar-refractivity contribution >= 4 is 43.7 Å². The molecule has 47 heavy (non-hydrogen) atoms. The van der Waals surface area contributed by atoms with Crippen molar-refractivity contribution in [3.63, 3.8) is 0 Å². The van der Waals surface area contributed by atoms with Gasteiger partial charge in [0.15, 0.2) is 5.69 Å². The van der Waals surface area contributed by atoms with Gasteiger partial charge in [-0.25, -0.2) is 0 Å². The summed E-state index contributed by atoms with van der Waals surface area (Å²) in [6.07, 6.45) is 7.07. The lowest BCUT2D eigenvalue weighted by atomic mass is 9.71. The molecule has 0 saturated carbocycles. The van der Waals surface area contributed by atoms with Gasteiger partial charge in [-0.15, -0.1) is 4.68 Å². The third-order valence-electron chi connectivity index (χ3n) is 12.0. The van der Waals surface area contributed by atoms with Crippen molar-refractivity contribution in [2.24, 2.45) is 0 Å². The molecule has 0 amide bonds. The van der Waals surface area contributed by atoms with Gasteiger partial charge in [0.05, 0.1) is 40.1 Å². The van der Waals surface area contributed by atoms with Gasteiger partial charge in [0.2, 0.25) is 6.20 Å². The highest BCUT2D eigenvalue weighted by Gasteiger charge is 2.69. The third kappa shape index (κ3) is 2.18. The number of fused-ring (bicyclic) bond motifs is 7. The summed E-state index contributed by atoms with van der Waals surface area (Å²) in [6.45, 7) is 4.87. The molecule has 8 heterocycles. The summed E-state index contributed by atoms with van der Waals surface area (Å²) in [5.74, 6) is 0. The number of hydrogen-bond acceptors (Lipinski definition) is 0. The van der Waals surface area contributed by atoms with Gasteiger partial charge in [0.25, 0.3) is 0 Å². The fourth-order valence-electron chi connectivity index (χ4n) is 10.2. The number of pyridine rings is 1. The zero-order valence-electron chi connectivity index (χ0n) is 25.9. The molecule has 0 bridgehead atoms. The van der Waals surface area contributed by atoms with Crippen molar-refractivity contribution in [3.05, 3.63) is 150 Å². The second-order valence-electron chi connectivity index (χ2n) is 14.3. The molecule has 1 spiro atoms. The van der Waals surface area contributed by atoms with Crippen LogP contribution in [0.4, 0.5) is 0 Å². The van der Waals surface area contributed by atoms with Crippen LogP contribution in [0.25, 0.3) is 71.9 Å². The SMILES string of the molecule is CC1(C)c2cc3c4ccccc4n4c3c3c2-n2c5c1cccc5c1ccc[n+](c12)C31c2c-4cccc2-n2cc(-c3ccccc3)c[n+]21. The van der Waals surface area contributed by atoms with Gasteiger partial charge in [-0.2, -0.15) is 9.13 Å². The molecule has 9 aromatic rings. The zero-order chi connectivity index (χ0) is 30.6. The second-order valence-corrected chi connectivity index (χ2v) is 14.3. The van der Waals surface area contributed by atoms with Crippen LogP contribution in [-0.2, 0) is 11.1 Å². The van der Waals surface area contributed by atoms with E-state index in [-0.39, 0.29) is 5.41 Å². The van der Waals surface area contributed by atoms with E-state index in [0.717, 1.165) is 0 Å². The number of hydrogen-bond donors (Lipinski definition) is 0. The average molecular weight is 602 g/mol.